The Bertz CT molecular complexity index is 453. The van der Waals surface area contributed by atoms with E-state index in [0.29, 0.717) is 23.9 Å². The first kappa shape index (κ1) is 14.4. The van der Waals surface area contributed by atoms with Gasteiger partial charge in [0, 0.05) is 0 Å². The number of rotatable bonds is 5. The molecule has 0 unspecified atom stereocenters. The molecule has 0 amide bonds. The summed E-state index contributed by atoms with van der Waals surface area (Å²) >= 11 is 0.625. The Balaban J connectivity index is 2.84. The van der Waals surface area contributed by atoms with Crippen LogP contribution in [0.2, 0.25) is 0 Å². The molecule has 0 heterocycles. The van der Waals surface area contributed by atoms with Gasteiger partial charge in [-0.15, -0.1) is 11.8 Å². The minimum Gasteiger partial charge on any atom is -0.478 e. The molecule has 0 fully saturated rings. The van der Waals surface area contributed by atoms with Crippen LogP contribution in [-0.4, -0.2) is 29.4 Å². The second-order valence-electron chi connectivity index (χ2n) is 3.17. The molecule has 0 saturated heterocycles. The van der Waals surface area contributed by atoms with Crippen LogP contribution in [0.3, 0.4) is 0 Å². The Morgan fingerprint density at radius 3 is 2.33 bits per heavy atom. The van der Waals surface area contributed by atoms with Crippen molar-refractivity contribution >= 4 is 23.7 Å². The third kappa shape index (κ3) is 3.69. The van der Waals surface area contributed by atoms with Gasteiger partial charge in [-0.1, -0.05) is 0 Å². The molecule has 98 valence electrons. The third-order valence-corrected chi connectivity index (χ3v) is 2.94. The summed E-state index contributed by atoms with van der Waals surface area (Å²) in [6.45, 7) is 1.80. The number of benzene rings is 1. The molecule has 1 aromatic carbocycles. The molecule has 0 saturated carbocycles. The average Bonchev–Trinajstić information content (AvgIpc) is 2.27. The summed E-state index contributed by atoms with van der Waals surface area (Å²) < 4.78 is 31.5. The van der Waals surface area contributed by atoms with Crippen molar-refractivity contribution in [1.29, 1.82) is 0 Å². The first-order valence-corrected chi connectivity index (χ1v) is 5.95. The van der Waals surface area contributed by atoms with E-state index in [1.54, 1.807) is 6.92 Å². The van der Waals surface area contributed by atoms with Crippen LogP contribution in [0, 0.1) is 11.6 Å². The molecular formula is C11H10F2O4S. The SMILES string of the molecule is CCOC(=O)CSc1c(F)cc(C(=O)O)cc1F. The zero-order chi connectivity index (χ0) is 13.7. The quantitative estimate of drug-likeness (QED) is 0.660. The van der Waals surface area contributed by atoms with Crippen LogP contribution >= 0.6 is 11.8 Å². The normalized spacial score (nSPS) is 10.2. The fourth-order valence-corrected chi connectivity index (χ4v) is 1.89. The molecule has 0 aliphatic rings. The van der Waals surface area contributed by atoms with Crippen molar-refractivity contribution in [3.8, 4) is 0 Å². The minimum absolute atomic E-state index is 0.183. The Labute approximate surface area is 106 Å². The number of carboxylic acid groups (broad SMARTS) is 1. The molecule has 0 aliphatic heterocycles. The summed E-state index contributed by atoms with van der Waals surface area (Å²) in [7, 11) is 0. The fraction of sp³-hybridized carbons (Fsp3) is 0.273. The molecule has 0 radical (unpaired) electrons. The molecule has 1 aromatic rings. The van der Waals surface area contributed by atoms with E-state index in [1.807, 2.05) is 0 Å². The van der Waals surface area contributed by atoms with E-state index in [0.717, 1.165) is 0 Å². The largest absolute Gasteiger partial charge is 0.478 e. The molecule has 0 aromatic heterocycles. The third-order valence-electron chi connectivity index (χ3n) is 1.88. The van der Waals surface area contributed by atoms with Crippen LogP contribution in [0.4, 0.5) is 8.78 Å². The summed E-state index contributed by atoms with van der Waals surface area (Å²) in [5, 5.41) is 8.60. The Kier molecular flexibility index (Phi) is 5.08. The summed E-state index contributed by atoms with van der Waals surface area (Å²) in [4.78, 5) is 21.2. The molecule has 0 bridgehead atoms. The summed E-state index contributed by atoms with van der Waals surface area (Å²) in [6.07, 6.45) is 0. The molecule has 0 aliphatic carbocycles. The Hall–Kier alpha value is -1.63. The molecule has 0 spiro atoms. The average molecular weight is 276 g/mol. The molecule has 18 heavy (non-hydrogen) atoms. The first-order chi connectivity index (χ1) is 8.45. The fourth-order valence-electron chi connectivity index (χ4n) is 1.16. The van der Waals surface area contributed by atoms with Crippen molar-refractivity contribution in [3.63, 3.8) is 0 Å². The van der Waals surface area contributed by atoms with Gasteiger partial charge in [0.25, 0.3) is 0 Å². The van der Waals surface area contributed by atoms with Crippen molar-refractivity contribution in [2.75, 3.05) is 12.4 Å². The second-order valence-corrected chi connectivity index (χ2v) is 4.15. The number of aromatic carboxylic acids is 1. The lowest BCUT2D eigenvalue weighted by atomic mass is 10.2. The smallest absolute Gasteiger partial charge is 0.335 e. The lowest BCUT2D eigenvalue weighted by Crippen LogP contribution is -2.07. The van der Waals surface area contributed by atoms with Gasteiger partial charge in [0.2, 0.25) is 0 Å². The maximum absolute atomic E-state index is 13.4. The van der Waals surface area contributed by atoms with E-state index in [2.05, 4.69) is 4.74 Å². The predicted molar refractivity (Wildman–Crippen MR) is 60.7 cm³/mol. The van der Waals surface area contributed by atoms with Gasteiger partial charge in [-0.05, 0) is 19.1 Å². The lowest BCUT2D eigenvalue weighted by molar-refractivity contribution is -0.139. The van der Waals surface area contributed by atoms with Gasteiger partial charge in [0.05, 0.1) is 22.8 Å². The minimum atomic E-state index is -1.42. The van der Waals surface area contributed by atoms with Gasteiger partial charge in [-0.2, -0.15) is 0 Å². The maximum Gasteiger partial charge on any atom is 0.335 e. The van der Waals surface area contributed by atoms with Crippen LogP contribution in [0.15, 0.2) is 17.0 Å². The van der Waals surface area contributed by atoms with Crippen LogP contribution in [0.1, 0.15) is 17.3 Å². The molecule has 7 heteroatoms. The molecule has 0 atom stereocenters. The van der Waals surface area contributed by atoms with Gasteiger partial charge >= 0.3 is 11.9 Å². The zero-order valence-electron chi connectivity index (χ0n) is 9.41. The van der Waals surface area contributed by atoms with E-state index < -0.39 is 34.0 Å². The van der Waals surface area contributed by atoms with Gasteiger partial charge < -0.3 is 9.84 Å². The number of esters is 1. The number of hydrogen-bond acceptors (Lipinski definition) is 4. The number of carboxylic acids is 1. The van der Waals surface area contributed by atoms with E-state index in [4.69, 9.17) is 5.11 Å². The Morgan fingerprint density at radius 1 is 1.33 bits per heavy atom. The topological polar surface area (TPSA) is 63.6 Å². The highest BCUT2D eigenvalue weighted by Crippen LogP contribution is 2.26. The number of thioether (sulfide) groups is 1. The van der Waals surface area contributed by atoms with E-state index in [9.17, 15) is 18.4 Å². The second kappa shape index (κ2) is 6.34. The van der Waals surface area contributed by atoms with Gasteiger partial charge in [-0.3, -0.25) is 4.79 Å². The first-order valence-electron chi connectivity index (χ1n) is 4.96. The number of hydrogen-bond donors (Lipinski definition) is 1. The van der Waals surface area contributed by atoms with Gasteiger partial charge in [0.1, 0.15) is 11.6 Å². The van der Waals surface area contributed by atoms with Crippen molar-refractivity contribution in [3.05, 3.63) is 29.3 Å². The van der Waals surface area contributed by atoms with Gasteiger partial charge in [-0.25, -0.2) is 13.6 Å². The number of carbonyl (C=O) groups is 2. The van der Waals surface area contributed by atoms with Crippen molar-refractivity contribution < 1.29 is 28.2 Å². The highest BCUT2D eigenvalue weighted by atomic mass is 32.2. The van der Waals surface area contributed by atoms with Crippen molar-refractivity contribution in [2.45, 2.75) is 11.8 Å². The highest BCUT2D eigenvalue weighted by Gasteiger charge is 2.16. The van der Waals surface area contributed by atoms with Crippen molar-refractivity contribution in [1.82, 2.24) is 0 Å². The molecule has 1 rings (SSSR count). The van der Waals surface area contributed by atoms with Gasteiger partial charge in [0.15, 0.2) is 0 Å². The predicted octanol–water partition coefficient (Wildman–Crippen LogP) is 2.32. The zero-order valence-corrected chi connectivity index (χ0v) is 10.2. The van der Waals surface area contributed by atoms with E-state index in [1.165, 1.54) is 0 Å². The molecule has 1 N–H and O–H groups in total. The summed E-state index contributed by atoms with van der Waals surface area (Å²) in [5.74, 6) is -4.28. The van der Waals surface area contributed by atoms with Crippen LogP contribution < -0.4 is 0 Å². The number of ether oxygens (including phenoxy) is 1. The van der Waals surface area contributed by atoms with E-state index >= 15 is 0 Å². The number of carbonyl (C=O) groups excluding carboxylic acids is 1. The number of halogens is 2. The van der Waals surface area contributed by atoms with Crippen LogP contribution in [0.5, 0.6) is 0 Å². The highest BCUT2D eigenvalue weighted by molar-refractivity contribution is 8.00. The monoisotopic (exact) mass is 276 g/mol. The van der Waals surface area contributed by atoms with Crippen molar-refractivity contribution in [2.24, 2.45) is 0 Å². The molecular weight excluding hydrogens is 266 g/mol. The Morgan fingerprint density at radius 2 is 1.89 bits per heavy atom. The summed E-state index contributed by atoms with van der Waals surface area (Å²) in [5.41, 5.74) is -0.481. The van der Waals surface area contributed by atoms with E-state index in [-0.39, 0.29) is 12.4 Å². The van der Waals surface area contributed by atoms with Crippen LogP contribution in [-0.2, 0) is 9.53 Å². The van der Waals surface area contributed by atoms with Crippen LogP contribution in [0.25, 0.3) is 0 Å². The summed E-state index contributed by atoms with van der Waals surface area (Å²) in [6, 6.07) is 1.41. The molecule has 4 nitrogen and oxygen atoms in total. The maximum atomic E-state index is 13.4. The standard InChI is InChI=1S/C11H10F2O4S/c1-2-17-9(14)5-18-10-7(12)3-6(11(15)16)4-8(10)13/h3-4H,2,5H2,1H3,(H,15,16). The lowest BCUT2D eigenvalue weighted by Gasteiger charge is -2.06.